The lowest BCUT2D eigenvalue weighted by Gasteiger charge is -2.10. The molecular weight excluding hydrogens is 350 g/mol. The maximum Gasteiger partial charge on any atom is 0.229 e. The van der Waals surface area contributed by atoms with Gasteiger partial charge in [0.2, 0.25) is 5.78 Å². The zero-order valence-electron chi connectivity index (χ0n) is 15.7. The van der Waals surface area contributed by atoms with Gasteiger partial charge in [-0.2, -0.15) is 0 Å². The number of aromatic nitrogens is 2. The van der Waals surface area contributed by atoms with Crippen molar-refractivity contribution in [3.63, 3.8) is 0 Å². The minimum Gasteiger partial charge on any atom is -0.497 e. The van der Waals surface area contributed by atoms with E-state index < -0.39 is 0 Å². The fraction of sp³-hybridized carbons (Fsp3) is 0.0870. The molecule has 5 nitrogen and oxygen atoms in total. The van der Waals surface area contributed by atoms with Gasteiger partial charge in [0.1, 0.15) is 12.1 Å². The van der Waals surface area contributed by atoms with Gasteiger partial charge in [-0.25, -0.2) is 9.98 Å². The number of benzene rings is 3. The van der Waals surface area contributed by atoms with Crippen LogP contribution in [0.2, 0.25) is 0 Å². The normalized spacial score (nSPS) is 11.6. The van der Waals surface area contributed by atoms with Gasteiger partial charge in [-0.3, -0.25) is 9.36 Å². The van der Waals surface area contributed by atoms with Gasteiger partial charge in [-0.15, -0.1) is 0 Å². The third-order valence-electron chi connectivity index (χ3n) is 4.49. The van der Waals surface area contributed by atoms with E-state index in [0.29, 0.717) is 17.0 Å². The first kappa shape index (κ1) is 17.7. The molecule has 0 aliphatic rings. The van der Waals surface area contributed by atoms with Crippen LogP contribution < -0.4 is 4.74 Å². The number of methoxy groups -OCH3 is 1. The van der Waals surface area contributed by atoms with Crippen LogP contribution in [0.25, 0.3) is 11.0 Å². The molecule has 0 saturated carbocycles. The van der Waals surface area contributed by atoms with Gasteiger partial charge in [0.05, 0.1) is 23.8 Å². The summed E-state index contributed by atoms with van der Waals surface area (Å²) in [5, 5.41) is 0. The van der Waals surface area contributed by atoms with Gasteiger partial charge in [0.15, 0.2) is 5.84 Å². The number of para-hydroxylation sites is 2. The quantitative estimate of drug-likeness (QED) is 0.295. The molecule has 0 spiro atoms. The van der Waals surface area contributed by atoms with Crippen molar-refractivity contribution < 1.29 is 9.53 Å². The highest BCUT2D eigenvalue weighted by molar-refractivity contribution is 6.46. The van der Waals surface area contributed by atoms with Crippen LogP contribution in [0, 0.1) is 6.92 Å². The highest BCUT2D eigenvalue weighted by atomic mass is 16.5. The van der Waals surface area contributed by atoms with Crippen LogP contribution in [0.4, 0.5) is 5.69 Å². The number of Topliss-reactive ketones (excluding diaryl/α,β-unsaturated/α-hetero) is 1. The lowest BCUT2D eigenvalue weighted by atomic mass is 10.1. The van der Waals surface area contributed by atoms with E-state index in [1.165, 1.54) is 0 Å². The van der Waals surface area contributed by atoms with E-state index in [9.17, 15) is 4.79 Å². The second kappa shape index (κ2) is 7.48. The molecule has 0 fully saturated rings. The summed E-state index contributed by atoms with van der Waals surface area (Å²) in [5.74, 6) is 0.699. The van der Waals surface area contributed by atoms with E-state index in [2.05, 4.69) is 9.98 Å². The average molecular weight is 369 g/mol. The Bertz CT molecular complexity index is 1170. The minimum absolute atomic E-state index is 0.206. The number of hydrogen-bond acceptors (Lipinski definition) is 4. The lowest BCUT2D eigenvalue weighted by Crippen LogP contribution is -2.22. The van der Waals surface area contributed by atoms with Crippen LogP contribution in [0.15, 0.2) is 84.1 Å². The standard InChI is InChI=1S/C23H19N3O2/c1-16-10-12-18(13-11-16)25-23(22(27)17-6-5-7-19(14-17)28-2)26-15-24-20-8-3-4-9-21(20)26/h3-15H,1-2H3. The van der Waals surface area contributed by atoms with Gasteiger partial charge < -0.3 is 4.74 Å². The Hall–Kier alpha value is -3.73. The Morgan fingerprint density at radius 2 is 1.79 bits per heavy atom. The number of fused-ring (bicyclic) bond motifs is 1. The Labute approximate surface area is 162 Å². The third kappa shape index (κ3) is 3.42. The van der Waals surface area contributed by atoms with E-state index in [0.717, 1.165) is 16.6 Å². The van der Waals surface area contributed by atoms with Gasteiger partial charge >= 0.3 is 0 Å². The summed E-state index contributed by atoms with van der Waals surface area (Å²) in [4.78, 5) is 22.5. The molecule has 0 saturated heterocycles. The van der Waals surface area contributed by atoms with Gasteiger partial charge in [0.25, 0.3) is 0 Å². The molecule has 138 valence electrons. The molecule has 28 heavy (non-hydrogen) atoms. The Morgan fingerprint density at radius 1 is 1.00 bits per heavy atom. The van der Waals surface area contributed by atoms with Crippen LogP contribution in [-0.4, -0.2) is 28.3 Å². The fourth-order valence-electron chi connectivity index (χ4n) is 2.98. The topological polar surface area (TPSA) is 56.5 Å². The van der Waals surface area contributed by atoms with Crippen molar-refractivity contribution >= 4 is 28.3 Å². The Morgan fingerprint density at radius 3 is 2.57 bits per heavy atom. The number of rotatable bonds is 4. The molecule has 0 radical (unpaired) electrons. The SMILES string of the molecule is COc1cccc(C(=O)C(=Nc2ccc(C)cc2)n2cnc3ccccc32)c1. The summed E-state index contributed by atoms with van der Waals surface area (Å²) in [7, 11) is 1.58. The monoisotopic (exact) mass is 369 g/mol. The number of aliphatic imine (C=N–C) groups is 1. The second-order valence-corrected chi connectivity index (χ2v) is 6.44. The largest absolute Gasteiger partial charge is 0.497 e. The summed E-state index contributed by atoms with van der Waals surface area (Å²) in [6, 6.07) is 22.5. The Kier molecular flexibility index (Phi) is 4.72. The zero-order valence-corrected chi connectivity index (χ0v) is 15.7. The van der Waals surface area contributed by atoms with E-state index in [-0.39, 0.29) is 11.6 Å². The molecule has 4 rings (SSSR count). The van der Waals surface area contributed by atoms with Gasteiger partial charge in [-0.05, 0) is 43.3 Å². The lowest BCUT2D eigenvalue weighted by molar-refractivity contribution is 0.106. The number of aryl methyl sites for hydroxylation is 1. The number of carbonyl (C=O) groups excluding carboxylic acids is 1. The summed E-state index contributed by atoms with van der Waals surface area (Å²) in [6.45, 7) is 2.01. The number of nitrogens with zero attached hydrogens (tertiary/aromatic N) is 3. The number of hydrogen-bond donors (Lipinski definition) is 0. The molecule has 1 aromatic heterocycles. The third-order valence-corrected chi connectivity index (χ3v) is 4.49. The molecule has 5 heteroatoms. The fourth-order valence-corrected chi connectivity index (χ4v) is 2.98. The van der Waals surface area contributed by atoms with Crippen molar-refractivity contribution in [2.45, 2.75) is 6.92 Å². The van der Waals surface area contributed by atoms with Crippen molar-refractivity contribution in [1.82, 2.24) is 9.55 Å². The number of ketones is 1. The van der Waals surface area contributed by atoms with Crippen molar-refractivity contribution in [2.24, 2.45) is 4.99 Å². The van der Waals surface area contributed by atoms with E-state index in [4.69, 9.17) is 4.74 Å². The molecule has 0 aliphatic heterocycles. The van der Waals surface area contributed by atoms with Crippen molar-refractivity contribution in [3.8, 4) is 5.75 Å². The summed E-state index contributed by atoms with van der Waals surface area (Å²) in [5.41, 5.74) is 3.97. The second-order valence-electron chi connectivity index (χ2n) is 6.44. The Balaban J connectivity index is 1.88. The summed E-state index contributed by atoms with van der Waals surface area (Å²) in [6.07, 6.45) is 1.63. The smallest absolute Gasteiger partial charge is 0.229 e. The molecule has 3 aromatic carbocycles. The molecule has 0 N–H and O–H groups in total. The number of carbonyl (C=O) groups is 1. The highest BCUT2D eigenvalue weighted by Crippen LogP contribution is 2.20. The maximum atomic E-state index is 13.4. The molecule has 0 amide bonds. The molecule has 4 aromatic rings. The molecule has 0 unspecified atom stereocenters. The van der Waals surface area contributed by atoms with Gasteiger partial charge in [-0.1, -0.05) is 42.0 Å². The van der Waals surface area contributed by atoms with Crippen molar-refractivity contribution in [1.29, 1.82) is 0 Å². The minimum atomic E-state index is -0.206. The van der Waals surface area contributed by atoms with Crippen molar-refractivity contribution in [3.05, 3.63) is 90.3 Å². The van der Waals surface area contributed by atoms with E-state index >= 15 is 0 Å². The van der Waals surface area contributed by atoms with Crippen LogP contribution in [0.5, 0.6) is 5.75 Å². The zero-order chi connectivity index (χ0) is 19.5. The predicted octanol–water partition coefficient (Wildman–Crippen LogP) is 4.81. The van der Waals surface area contributed by atoms with Crippen LogP contribution in [0.3, 0.4) is 0 Å². The predicted molar refractivity (Wildman–Crippen MR) is 111 cm³/mol. The van der Waals surface area contributed by atoms with Crippen LogP contribution in [-0.2, 0) is 0 Å². The molecule has 1 heterocycles. The molecule has 0 atom stereocenters. The highest BCUT2D eigenvalue weighted by Gasteiger charge is 2.19. The first-order chi connectivity index (χ1) is 13.7. The molecular formula is C23H19N3O2. The molecule has 0 bridgehead atoms. The van der Waals surface area contributed by atoms with Crippen LogP contribution in [0.1, 0.15) is 15.9 Å². The van der Waals surface area contributed by atoms with Crippen LogP contribution >= 0.6 is 0 Å². The molecule has 0 aliphatic carbocycles. The maximum absolute atomic E-state index is 13.4. The van der Waals surface area contributed by atoms with Crippen molar-refractivity contribution in [2.75, 3.05) is 7.11 Å². The summed E-state index contributed by atoms with van der Waals surface area (Å²) >= 11 is 0. The number of imidazole rings is 1. The summed E-state index contributed by atoms with van der Waals surface area (Å²) < 4.78 is 7.00. The first-order valence-electron chi connectivity index (χ1n) is 8.92. The average Bonchev–Trinajstić information content (AvgIpc) is 3.17. The van der Waals surface area contributed by atoms with Gasteiger partial charge in [0, 0.05) is 5.56 Å². The number of ether oxygens (including phenoxy) is 1. The van der Waals surface area contributed by atoms with E-state index in [1.807, 2.05) is 55.5 Å². The first-order valence-corrected chi connectivity index (χ1v) is 8.92. The van der Waals surface area contributed by atoms with E-state index in [1.54, 1.807) is 42.3 Å².